The maximum Gasteiger partial charge on any atom is 0.256 e. The van der Waals surface area contributed by atoms with Crippen molar-refractivity contribution in [1.29, 1.82) is 0 Å². The summed E-state index contributed by atoms with van der Waals surface area (Å²) in [7, 11) is 3.40. The van der Waals surface area contributed by atoms with E-state index in [0.717, 1.165) is 66.0 Å². The van der Waals surface area contributed by atoms with Gasteiger partial charge in [0.1, 0.15) is 46.5 Å². The van der Waals surface area contributed by atoms with Gasteiger partial charge in [0.2, 0.25) is 5.88 Å². The second-order valence-corrected chi connectivity index (χ2v) is 34.0. The molecule has 10 aromatic heterocycles. The summed E-state index contributed by atoms with van der Waals surface area (Å²) in [4.78, 5) is 108. The number of fused-ring (bicyclic) bond motifs is 9. The molecule has 0 saturated carbocycles. The molecule has 0 radical (unpaired) electrons. The SMILES string of the molecule is COc1ncccc1-c1ccc(CN2Cc3ncccc3C2=O)c(F)c1.Cn1cc2c(-c3ccc(CN4Cc5ncccc5C4=O)c(F)c3)cccc2n1.O=C1c2cccnc2CN1Cc1c(F)cc(-c2ccc3cnccc3c2)cc1F.O=C1c2cccnc2CN1Cc1c(F)cc(-c2ccc3ncccc3c2)cc1F.O=C1c2cccnc2CN1Cc1c(F)cc(-c2cccc3ncccc23)cc1F. The summed E-state index contributed by atoms with van der Waals surface area (Å²) in [6.45, 7) is 1.52. The van der Waals surface area contributed by atoms with Crippen molar-refractivity contribution in [2.45, 2.75) is 65.4 Å². The lowest BCUT2D eigenvalue weighted by molar-refractivity contribution is 0.0755. The first-order valence-electron chi connectivity index (χ1n) is 44.7. The van der Waals surface area contributed by atoms with Gasteiger partial charge in [-0.05, 0) is 225 Å². The van der Waals surface area contributed by atoms with Crippen molar-refractivity contribution in [1.82, 2.24) is 79.1 Å². The summed E-state index contributed by atoms with van der Waals surface area (Å²) in [6, 6.07) is 70.2. The lowest BCUT2D eigenvalue weighted by Gasteiger charge is -2.17. The highest BCUT2D eigenvalue weighted by Gasteiger charge is 2.36. The van der Waals surface area contributed by atoms with Crippen molar-refractivity contribution >= 4 is 73.0 Å². The number of benzene rings is 9. The van der Waals surface area contributed by atoms with E-state index in [4.69, 9.17) is 4.74 Å². The first-order valence-corrected chi connectivity index (χ1v) is 44.7. The Labute approximate surface area is 800 Å². The van der Waals surface area contributed by atoms with Crippen LogP contribution in [0.5, 0.6) is 5.88 Å². The van der Waals surface area contributed by atoms with Crippen LogP contribution in [0.3, 0.4) is 0 Å². The zero-order valence-electron chi connectivity index (χ0n) is 75.2. The largest absolute Gasteiger partial charge is 0.481 e. The van der Waals surface area contributed by atoms with E-state index >= 15 is 0 Å². The van der Waals surface area contributed by atoms with Gasteiger partial charge in [0.15, 0.2) is 0 Å². The van der Waals surface area contributed by atoms with Crippen LogP contribution in [0.2, 0.25) is 0 Å². The molecule has 30 heteroatoms. The molecule has 0 aliphatic carbocycles. The van der Waals surface area contributed by atoms with Crippen LogP contribution in [0.1, 0.15) is 108 Å². The Morgan fingerprint density at radius 2 is 0.631 bits per heavy atom. The second kappa shape index (κ2) is 39.1. The van der Waals surface area contributed by atoms with Crippen LogP contribution in [-0.4, -0.2) is 116 Å². The number of aromatic nitrogens is 11. The van der Waals surface area contributed by atoms with Crippen LogP contribution in [0.4, 0.5) is 35.1 Å². The van der Waals surface area contributed by atoms with E-state index in [-0.39, 0.29) is 110 Å². The Kier molecular flexibility index (Phi) is 25.2. The number of halogens is 8. The fraction of sp³-hybridized carbons (Fsp3) is 0.108. The molecule has 22 nitrogen and oxygen atoms in total. The Morgan fingerprint density at radius 1 is 0.277 bits per heavy atom. The molecule has 0 fully saturated rings. The van der Waals surface area contributed by atoms with Gasteiger partial charge >= 0.3 is 0 Å². The molecular weight excluding hydrogens is 1810 g/mol. The molecular formula is C111H78F8N16O6. The number of carbonyl (C=O) groups is 5. The number of hydrogen-bond donors (Lipinski definition) is 0. The standard InChI is InChI=1S/3C23H15F2N3O.C22H17FN4O.C20H16FN3O2/c24-19-10-14(15-4-1-7-21-16(15)5-2-8-26-21)11-20(25)18(19)12-28-13-22-17(23(28)29)6-3-9-27-22;24-19-10-16(14-5-6-21-15(9-14)3-1-7-26-21)11-20(25)18(19)12-28-13-22-17(23(28)29)4-2-8-27-22;24-20-9-17(14-3-4-16-11-26-7-5-15(16)8-14)10-21(25)19(20)12-28-13-22-18(23(28)29)2-1-6-27-22;1-26-12-18-16(4-2-6-20(18)25-26)14-7-8-15(19(23)10-14)11-27-13-21-17(22(27)28)5-3-9-24-21;1-26-19-15(4-2-9-23-19)13-6-7-14(17(21)10-13)11-24-12-18-16(20(24)25)5-3-8-22-18/h3*1-11H,12-13H2;2-10,12H,11,13H2,1H3;2-10H,11-12H2,1H3. The van der Waals surface area contributed by atoms with Gasteiger partial charge in [-0.2, -0.15) is 5.10 Å². The Bertz CT molecular complexity index is 7950. The van der Waals surface area contributed by atoms with E-state index in [1.54, 1.807) is 167 Å². The number of nitrogens with zero attached hydrogens (tertiary/aromatic N) is 16. The van der Waals surface area contributed by atoms with Crippen LogP contribution in [0.25, 0.3) is 99.1 Å². The Morgan fingerprint density at radius 3 is 1.08 bits per heavy atom. The smallest absolute Gasteiger partial charge is 0.256 e. The molecule has 19 aromatic rings. The third-order valence-electron chi connectivity index (χ3n) is 25.2. The number of ether oxygens (including phenoxy) is 1. The highest BCUT2D eigenvalue weighted by atomic mass is 19.2. The van der Waals surface area contributed by atoms with Crippen molar-refractivity contribution in [3.8, 4) is 61.5 Å². The van der Waals surface area contributed by atoms with Crippen LogP contribution in [0, 0.1) is 46.5 Å². The highest BCUT2D eigenvalue weighted by Crippen LogP contribution is 2.39. The molecule has 0 bridgehead atoms. The van der Waals surface area contributed by atoms with Gasteiger partial charge in [0, 0.05) is 143 Å². The fourth-order valence-corrected chi connectivity index (χ4v) is 18.0. The molecule has 5 amide bonds. The molecule has 5 aliphatic heterocycles. The maximum atomic E-state index is 14.9. The van der Waals surface area contributed by atoms with Gasteiger partial charge in [-0.25, -0.2) is 40.1 Å². The summed E-state index contributed by atoms with van der Waals surface area (Å²) in [6.07, 6.45) is 18.5. The molecule has 24 rings (SSSR count). The minimum absolute atomic E-state index is 0.105. The molecule has 5 aliphatic rings. The number of amides is 5. The summed E-state index contributed by atoms with van der Waals surface area (Å²) in [5, 5.41) is 8.99. The molecule has 141 heavy (non-hydrogen) atoms. The van der Waals surface area contributed by atoms with E-state index in [0.29, 0.717) is 120 Å². The molecule has 0 spiro atoms. The highest BCUT2D eigenvalue weighted by molar-refractivity contribution is 6.02. The molecule has 0 saturated heterocycles. The lowest BCUT2D eigenvalue weighted by Crippen LogP contribution is -2.24. The second-order valence-electron chi connectivity index (χ2n) is 34.0. The van der Waals surface area contributed by atoms with Crippen LogP contribution in [-0.2, 0) is 72.5 Å². The number of methoxy groups -OCH3 is 1. The summed E-state index contributed by atoms with van der Waals surface area (Å²) < 4.78 is 126. The zero-order valence-corrected chi connectivity index (χ0v) is 75.2. The Hall–Kier alpha value is -17.8. The van der Waals surface area contributed by atoms with Gasteiger partial charge in [0.25, 0.3) is 29.5 Å². The number of rotatable bonds is 16. The normalized spacial score (nSPS) is 13.2. The van der Waals surface area contributed by atoms with Crippen LogP contribution >= 0.6 is 0 Å². The quantitative estimate of drug-likeness (QED) is 0.0816. The van der Waals surface area contributed by atoms with Gasteiger partial charge in [-0.15, -0.1) is 0 Å². The zero-order chi connectivity index (χ0) is 97.2. The van der Waals surface area contributed by atoms with E-state index in [2.05, 4.69) is 50.0 Å². The number of aryl methyl sites for hydroxylation is 1. The topological polar surface area (TPSA) is 245 Å². The van der Waals surface area contributed by atoms with Gasteiger partial charge < -0.3 is 29.2 Å². The van der Waals surface area contributed by atoms with Gasteiger partial charge in [0.05, 0.1) is 132 Å². The van der Waals surface area contributed by atoms with E-state index in [9.17, 15) is 59.1 Å². The summed E-state index contributed by atoms with van der Waals surface area (Å²) in [5.41, 5.74) is 15.5. The molecule has 0 N–H and O–H groups in total. The lowest BCUT2D eigenvalue weighted by atomic mass is 9.98. The van der Waals surface area contributed by atoms with Crippen molar-refractivity contribution in [3.05, 3.63) is 448 Å². The monoisotopic (exact) mass is 1880 g/mol. The van der Waals surface area contributed by atoms with Crippen molar-refractivity contribution in [3.63, 3.8) is 0 Å². The van der Waals surface area contributed by atoms with E-state index in [1.165, 1.54) is 70.3 Å². The van der Waals surface area contributed by atoms with Crippen molar-refractivity contribution < 1.29 is 63.8 Å². The van der Waals surface area contributed by atoms with Crippen LogP contribution < -0.4 is 4.74 Å². The summed E-state index contributed by atoms with van der Waals surface area (Å²) in [5.74, 6) is -5.35. The molecule has 0 unspecified atom stereocenters. The predicted molar refractivity (Wildman–Crippen MR) is 513 cm³/mol. The minimum Gasteiger partial charge on any atom is -0.481 e. The molecule has 9 aromatic carbocycles. The third-order valence-corrected chi connectivity index (χ3v) is 25.2. The molecule has 694 valence electrons. The first-order chi connectivity index (χ1) is 68.6. The molecule has 0 atom stereocenters. The van der Waals surface area contributed by atoms with E-state index < -0.39 is 34.9 Å². The van der Waals surface area contributed by atoms with Crippen molar-refractivity contribution in [2.24, 2.45) is 7.05 Å². The predicted octanol–water partition coefficient (Wildman–Crippen LogP) is 21.6. The van der Waals surface area contributed by atoms with E-state index in [1.807, 2.05) is 122 Å². The van der Waals surface area contributed by atoms with Crippen molar-refractivity contribution in [2.75, 3.05) is 7.11 Å². The first kappa shape index (κ1) is 91.0. The minimum atomic E-state index is -0.683. The maximum absolute atomic E-state index is 14.9. The number of carbonyl (C=O) groups excluding carboxylic acids is 5. The average Bonchev–Trinajstić information content (AvgIpc) is 1.76. The number of hydrogen-bond acceptors (Lipinski definition) is 16. The van der Waals surface area contributed by atoms with Gasteiger partial charge in [-0.1, -0.05) is 78.9 Å². The van der Waals surface area contributed by atoms with Crippen LogP contribution in [0.15, 0.2) is 317 Å². The molecule has 15 heterocycles. The fourth-order valence-electron chi connectivity index (χ4n) is 18.0. The third kappa shape index (κ3) is 18.7. The number of pyridine rings is 9. The summed E-state index contributed by atoms with van der Waals surface area (Å²) >= 11 is 0. The average molecular weight is 1880 g/mol. The van der Waals surface area contributed by atoms with Gasteiger partial charge in [-0.3, -0.25) is 68.5 Å². The Balaban J connectivity index is 0.000000108.